The molecule has 3 N–H and O–H groups in total. The SMILES string of the molecule is O=C(NCC(O)c1ccco1)c1ccccc1NS(=O)(=O)c1ccc(F)cc1. The van der Waals surface area contributed by atoms with Crippen LogP contribution in [-0.4, -0.2) is 26.0 Å². The first-order valence-electron chi connectivity index (χ1n) is 8.24. The molecular formula is C19H17FN2O5S. The number of hydrogen-bond acceptors (Lipinski definition) is 5. The Hall–Kier alpha value is -3.17. The molecule has 0 aliphatic heterocycles. The number of para-hydroxylation sites is 1. The molecule has 0 fully saturated rings. The topological polar surface area (TPSA) is 109 Å². The van der Waals surface area contributed by atoms with Crippen LogP contribution in [0.2, 0.25) is 0 Å². The second kappa shape index (κ2) is 8.24. The molecule has 1 unspecified atom stereocenters. The zero-order valence-electron chi connectivity index (χ0n) is 14.5. The van der Waals surface area contributed by atoms with Crippen molar-refractivity contribution in [3.05, 3.63) is 84.1 Å². The maximum atomic E-state index is 13.0. The van der Waals surface area contributed by atoms with Gasteiger partial charge in [0, 0.05) is 0 Å². The van der Waals surface area contributed by atoms with Gasteiger partial charge in [-0.1, -0.05) is 12.1 Å². The Labute approximate surface area is 160 Å². The molecule has 1 heterocycles. The van der Waals surface area contributed by atoms with Crippen molar-refractivity contribution in [2.45, 2.75) is 11.0 Å². The van der Waals surface area contributed by atoms with Crippen LogP contribution in [0.5, 0.6) is 0 Å². The van der Waals surface area contributed by atoms with Gasteiger partial charge >= 0.3 is 0 Å². The van der Waals surface area contributed by atoms with Gasteiger partial charge in [-0.05, 0) is 48.5 Å². The maximum absolute atomic E-state index is 13.0. The Kier molecular flexibility index (Phi) is 5.76. The third kappa shape index (κ3) is 4.56. The zero-order valence-corrected chi connectivity index (χ0v) is 15.3. The lowest BCUT2D eigenvalue weighted by atomic mass is 10.1. The van der Waals surface area contributed by atoms with Gasteiger partial charge in [0.05, 0.1) is 29.0 Å². The molecule has 0 bridgehead atoms. The maximum Gasteiger partial charge on any atom is 0.261 e. The van der Waals surface area contributed by atoms with Crippen molar-refractivity contribution in [3.63, 3.8) is 0 Å². The number of halogens is 1. The van der Waals surface area contributed by atoms with E-state index in [0.29, 0.717) is 5.76 Å². The number of aliphatic hydroxyl groups excluding tert-OH is 1. The van der Waals surface area contributed by atoms with E-state index < -0.39 is 27.9 Å². The number of amides is 1. The average Bonchev–Trinajstić information content (AvgIpc) is 3.21. The highest BCUT2D eigenvalue weighted by Gasteiger charge is 2.19. The highest BCUT2D eigenvalue weighted by Crippen LogP contribution is 2.21. The summed E-state index contributed by atoms with van der Waals surface area (Å²) in [5.74, 6) is -0.845. The van der Waals surface area contributed by atoms with Gasteiger partial charge in [-0.15, -0.1) is 0 Å². The van der Waals surface area contributed by atoms with E-state index in [9.17, 15) is 22.7 Å². The van der Waals surface area contributed by atoms with Crippen LogP contribution < -0.4 is 10.0 Å². The molecule has 0 saturated carbocycles. The number of sulfonamides is 1. The zero-order chi connectivity index (χ0) is 20.1. The Morgan fingerprint density at radius 1 is 1.07 bits per heavy atom. The van der Waals surface area contributed by atoms with Crippen LogP contribution in [0.1, 0.15) is 22.2 Å². The van der Waals surface area contributed by atoms with Gasteiger partial charge in [0.25, 0.3) is 15.9 Å². The fourth-order valence-electron chi connectivity index (χ4n) is 2.45. The summed E-state index contributed by atoms with van der Waals surface area (Å²) in [6.45, 7) is -0.120. The third-order valence-electron chi connectivity index (χ3n) is 3.87. The molecule has 28 heavy (non-hydrogen) atoms. The van der Waals surface area contributed by atoms with E-state index in [0.717, 1.165) is 24.3 Å². The molecule has 1 amide bonds. The molecule has 0 aliphatic carbocycles. The molecule has 1 aromatic heterocycles. The molecule has 3 aromatic rings. The summed E-state index contributed by atoms with van der Waals surface area (Å²) in [5, 5.41) is 12.5. The highest BCUT2D eigenvalue weighted by molar-refractivity contribution is 7.92. The summed E-state index contributed by atoms with van der Waals surface area (Å²) in [5.41, 5.74) is 0.122. The number of carbonyl (C=O) groups excluding carboxylic acids is 1. The molecular weight excluding hydrogens is 387 g/mol. The fourth-order valence-corrected chi connectivity index (χ4v) is 3.53. The normalized spacial score (nSPS) is 12.4. The molecule has 0 aliphatic rings. The largest absolute Gasteiger partial charge is 0.467 e. The third-order valence-corrected chi connectivity index (χ3v) is 5.25. The van der Waals surface area contributed by atoms with E-state index in [1.165, 1.54) is 18.4 Å². The Morgan fingerprint density at radius 2 is 1.79 bits per heavy atom. The number of nitrogens with one attached hydrogen (secondary N) is 2. The minimum absolute atomic E-state index is 0.0526. The van der Waals surface area contributed by atoms with Crippen LogP contribution in [0, 0.1) is 5.82 Å². The second-order valence-electron chi connectivity index (χ2n) is 5.85. The summed E-state index contributed by atoms with van der Waals surface area (Å²) < 4.78 is 45.4. The number of furan rings is 1. The van der Waals surface area contributed by atoms with Crippen molar-refractivity contribution in [2.75, 3.05) is 11.3 Å². The van der Waals surface area contributed by atoms with Gasteiger partial charge in [0.15, 0.2) is 0 Å². The predicted molar refractivity (Wildman–Crippen MR) is 99.7 cm³/mol. The van der Waals surface area contributed by atoms with Crippen LogP contribution in [0.3, 0.4) is 0 Å². The Balaban J connectivity index is 1.75. The summed E-state index contributed by atoms with van der Waals surface area (Å²) >= 11 is 0. The van der Waals surface area contributed by atoms with Gasteiger partial charge in [0.2, 0.25) is 0 Å². The van der Waals surface area contributed by atoms with Gasteiger partial charge in [-0.3, -0.25) is 9.52 Å². The van der Waals surface area contributed by atoms with Gasteiger partial charge in [-0.25, -0.2) is 12.8 Å². The minimum atomic E-state index is -4.01. The average molecular weight is 404 g/mol. The first-order valence-corrected chi connectivity index (χ1v) is 9.72. The molecule has 7 nitrogen and oxygen atoms in total. The van der Waals surface area contributed by atoms with Crippen LogP contribution in [-0.2, 0) is 10.0 Å². The smallest absolute Gasteiger partial charge is 0.261 e. The second-order valence-corrected chi connectivity index (χ2v) is 7.53. The first-order chi connectivity index (χ1) is 13.4. The van der Waals surface area contributed by atoms with E-state index in [2.05, 4.69) is 10.0 Å². The van der Waals surface area contributed by atoms with Gasteiger partial charge < -0.3 is 14.8 Å². The summed E-state index contributed by atoms with van der Waals surface area (Å²) in [7, 11) is -4.01. The predicted octanol–water partition coefficient (Wildman–Crippen LogP) is 2.68. The van der Waals surface area contributed by atoms with Crippen LogP contribution in [0.25, 0.3) is 0 Å². The van der Waals surface area contributed by atoms with Crippen molar-refractivity contribution in [1.82, 2.24) is 5.32 Å². The van der Waals surface area contributed by atoms with Crippen molar-refractivity contribution < 1.29 is 27.1 Å². The lowest BCUT2D eigenvalue weighted by Crippen LogP contribution is -2.29. The molecule has 1 atom stereocenters. The quantitative estimate of drug-likeness (QED) is 0.561. The van der Waals surface area contributed by atoms with Crippen LogP contribution >= 0.6 is 0 Å². The van der Waals surface area contributed by atoms with E-state index in [1.54, 1.807) is 24.3 Å². The van der Waals surface area contributed by atoms with E-state index in [-0.39, 0.29) is 22.7 Å². The molecule has 0 saturated heterocycles. The fraction of sp³-hybridized carbons (Fsp3) is 0.105. The van der Waals surface area contributed by atoms with Crippen molar-refractivity contribution in [3.8, 4) is 0 Å². The molecule has 0 spiro atoms. The summed E-state index contributed by atoms with van der Waals surface area (Å²) in [6, 6.07) is 13.5. The summed E-state index contributed by atoms with van der Waals surface area (Å²) in [4.78, 5) is 12.3. The molecule has 146 valence electrons. The van der Waals surface area contributed by atoms with E-state index in [1.807, 2.05) is 0 Å². The standard InChI is InChI=1S/C19H17FN2O5S/c20-13-7-9-14(10-8-13)28(25,26)22-16-5-2-1-4-15(16)19(24)21-12-17(23)18-6-3-11-27-18/h1-11,17,22-23H,12H2,(H,21,24). The Bertz CT molecular complexity index is 1050. The van der Waals surface area contributed by atoms with E-state index >= 15 is 0 Å². The van der Waals surface area contributed by atoms with Gasteiger partial charge in [0.1, 0.15) is 17.7 Å². The molecule has 2 aromatic carbocycles. The van der Waals surface area contributed by atoms with Crippen LogP contribution in [0.15, 0.2) is 76.2 Å². The molecule has 0 radical (unpaired) electrons. The van der Waals surface area contributed by atoms with Crippen molar-refractivity contribution in [2.24, 2.45) is 0 Å². The highest BCUT2D eigenvalue weighted by atomic mass is 32.2. The number of rotatable bonds is 7. The first kappa shape index (κ1) is 19.6. The van der Waals surface area contributed by atoms with Gasteiger partial charge in [-0.2, -0.15) is 0 Å². The van der Waals surface area contributed by atoms with Crippen molar-refractivity contribution >= 4 is 21.6 Å². The minimum Gasteiger partial charge on any atom is -0.467 e. The number of benzene rings is 2. The number of anilines is 1. The summed E-state index contributed by atoms with van der Waals surface area (Å²) in [6.07, 6.45) is 0.363. The van der Waals surface area contributed by atoms with E-state index in [4.69, 9.17) is 4.42 Å². The number of hydrogen-bond donors (Lipinski definition) is 3. The number of aliphatic hydroxyl groups is 1. The lowest BCUT2D eigenvalue weighted by molar-refractivity contribution is 0.0902. The Morgan fingerprint density at radius 3 is 2.46 bits per heavy atom. The molecule has 9 heteroatoms. The number of carbonyl (C=O) groups is 1. The lowest BCUT2D eigenvalue weighted by Gasteiger charge is -2.14. The monoisotopic (exact) mass is 404 g/mol. The van der Waals surface area contributed by atoms with Crippen LogP contribution in [0.4, 0.5) is 10.1 Å². The van der Waals surface area contributed by atoms with Crippen molar-refractivity contribution in [1.29, 1.82) is 0 Å². The molecule has 3 rings (SSSR count).